The van der Waals surface area contributed by atoms with Crippen LogP contribution in [0.5, 0.6) is 0 Å². The van der Waals surface area contributed by atoms with Crippen LogP contribution in [0.4, 0.5) is 0 Å². The van der Waals surface area contributed by atoms with E-state index in [1.807, 2.05) is 13.0 Å². The number of allylic oxidation sites excluding steroid dienone is 6. The first-order chi connectivity index (χ1) is 5.16. The maximum absolute atomic E-state index is 2.20. The summed E-state index contributed by atoms with van der Waals surface area (Å²) in [6, 6.07) is 0. The van der Waals surface area contributed by atoms with Crippen LogP contribution in [0.15, 0.2) is 36.0 Å². The van der Waals surface area contributed by atoms with Gasteiger partial charge in [0.2, 0.25) is 0 Å². The van der Waals surface area contributed by atoms with Crippen LogP contribution in [-0.2, 0) is 0 Å². The normalized spacial score (nSPS) is 14.1. The summed E-state index contributed by atoms with van der Waals surface area (Å²) in [7, 11) is 0. The summed E-state index contributed by atoms with van der Waals surface area (Å²) >= 11 is 0. The monoisotopic (exact) mass is 150 g/mol. The smallest absolute Gasteiger partial charge is 0.0287 e. The van der Waals surface area contributed by atoms with Crippen molar-refractivity contribution in [2.45, 2.75) is 27.7 Å². The third-order valence-electron chi connectivity index (χ3n) is 1.30. The second-order valence-electron chi connectivity index (χ2n) is 3.04. The Labute approximate surface area is 70.3 Å². The average Bonchev–Trinajstić information content (AvgIpc) is 1.97. The lowest BCUT2D eigenvalue weighted by Crippen LogP contribution is -1.77. The Kier molecular flexibility index (Phi) is 5.54. The van der Waals surface area contributed by atoms with E-state index < -0.39 is 0 Å². The minimum Gasteiger partial charge on any atom is -0.0877 e. The molecule has 0 aliphatic carbocycles. The van der Waals surface area contributed by atoms with Crippen molar-refractivity contribution >= 4 is 0 Å². The van der Waals surface area contributed by atoms with Gasteiger partial charge in [0.05, 0.1) is 0 Å². The standard InChI is InChI=1S/C11H18/c1-5-6-7-11(4)9-8-10(2)3/h5-10H,1-4H3/b6-5-,9-8+,11-7-. The molecule has 0 fully saturated rings. The van der Waals surface area contributed by atoms with Crippen molar-refractivity contribution in [1.29, 1.82) is 0 Å². The lowest BCUT2D eigenvalue weighted by molar-refractivity contribution is 0.831. The van der Waals surface area contributed by atoms with Crippen LogP contribution in [0.2, 0.25) is 0 Å². The van der Waals surface area contributed by atoms with Gasteiger partial charge >= 0.3 is 0 Å². The molecule has 0 heteroatoms. The van der Waals surface area contributed by atoms with E-state index in [1.54, 1.807) is 0 Å². The van der Waals surface area contributed by atoms with Gasteiger partial charge in [-0.2, -0.15) is 0 Å². The zero-order valence-electron chi connectivity index (χ0n) is 7.96. The molecule has 0 bridgehead atoms. The summed E-state index contributed by atoms with van der Waals surface area (Å²) in [5.74, 6) is 0.643. The van der Waals surface area contributed by atoms with Gasteiger partial charge in [0.1, 0.15) is 0 Å². The van der Waals surface area contributed by atoms with Gasteiger partial charge in [-0.05, 0) is 19.8 Å². The van der Waals surface area contributed by atoms with E-state index in [1.165, 1.54) is 5.57 Å². The number of hydrogen-bond donors (Lipinski definition) is 0. The molecule has 0 unspecified atom stereocenters. The molecular weight excluding hydrogens is 132 g/mol. The topological polar surface area (TPSA) is 0 Å². The molecule has 0 nitrogen and oxygen atoms in total. The number of hydrogen-bond acceptors (Lipinski definition) is 0. The minimum atomic E-state index is 0.643. The van der Waals surface area contributed by atoms with Crippen molar-refractivity contribution in [3.8, 4) is 0 Å². The molecule has 0 aliphatic heterocycles. The van der Waals surface area contributed by atoms with E-state index >= 15 is 0 Å². The highest BCUT2D eigenvalue weighted by molar-refractivity contribution is 5.21. The third-order valence-corrected chi connectivity index (χ3v) is 1.30. The quantitative estimate of drug-likeness (QED) is 0.538. The molecule has 0 N–H and O–H groups in total. The van der Waals surface area contributed by atoms with Gasteiger partial charge in [-0.3, -0.25) is 0 Å². The van der Waals surface area contributed by atoms with Crippen molar-refractivity contribution in [3.05, 3.63) is 36.0 Å². The summed E-state index contributed by atoms with van der Waals surface area (Å²) in [6.45, 7) is 8.49. The highest BCUT2D eigenvalue weighted by atomic mass is 13.9. The van der Waals surface area contributed by atoms with E-state index in [2.05, 4.69) is 45.1 Å². The van der Waals surface area contributed by atoms with E-state index in [-0.39, 0.29) is 0 Å². The van der Waals surface area contributed by atoms with Crippen molar-refractivity contribution in [3.63, 3.8) is 0 Å². The fourth-order valence-electron chi connectivity index (χ4n) is 0.648. The molecule has 0 heterocycles. The van der Waals surface area contributed by atoms with Crippen LogP contribution in [0.25, 0.3) is 0 Å². The molecule has 0 aliphatic rings. The second-order valence-corrected chi connectivity index (χ2v) is 3.04. The summed E-state index contributed by atoms with van der Waals surface area (Å²) in [5, 5.41) is 0. The van der Waals surface area contributed by atoms with Crippen LogP contribution in [0.1, 0.15) is 27.7 Å². The van der Waals surface area contributed by atoms with Crippen LogP contribution < -0.4 is 0 Å². The Balaban J connectivity index is 3.94. The first-order valence-electron chi connectivity index (χ1n) is 4.14. The van der Waals surface area contributed by atoms with Crippen molar-refractivity contribution in [2.75, 3.05) is 0 Å². The molecule has 0 atom stereocenters. The maximum Gasteiger partial charge on any atom is -0.0287 e. The van der Waals surface area contributed by atoms with Crippen LogP contribution >= 0.6 is 0 Å². The van der Waals surface area contributed by atoms with Crippen LogP contribution in [-0.4, -0.2) is 0 Å². The maximum atomic E-state index is 2.20. The molecule has 0 aromatic carbocycles. The highest BCUT2D eigenvalue weighted by Crippen LogP contribution is 2.00. The number of rotatable bonds is 3. The summed E-state index contributed by atoms with van der Waals surface area (Å²) < 4.78 is 0. The van der Waals surface area contributed by atoms with Crippen molar-refractivity contribution < 1.29 is 0 Å². The fourth-order valence-corrected chi connectivity index (χ4v) is 0.648. The molecule has 62 valence electrons. The van der Waals surface area contributed by atoms with Crippen molar-refractivity contribution in [1.82, 2.24) is 0 Å². The molecule has 0 saturated carbocycles. The van der Waals surface area contributed by atoms with Gasteiger partial charge in [-0.1, -0.05) is 49.8 Å². The Morgan fingerprint density at radius 2 is 1.91 bits per heavy atom. The molecule has 0 spiro atoms. The van der Waals surface area contributed by atoms with E-state index in [0.29, 0.717) is 5.92 Å². The average molecular weight is 150 g/mol. The predicted octanol–water partition coefficient (Wildman–Crippen LogP) is 3.72. The van der Waals surface area contributed by atoms with Gasteiger partial charge in [-0.15, -0.1) is 0 Å². The molecule has 0 saturated heterocycles. The van der Waals surface area contributed by atoms with Gasteiger partial charge in [-0.25, -0.2) is 0 Å². The largest absolute Gasteiger partial charge is 0.0877 e. The molecule has 0 aromatic heterocycles. The second kappa shape index (κ2) is 5.96. The molecule has 0 rings (SSSR count). The SMILES string of the molecule is C\C=C/C=C(C)\C=C\C(C)C. The Bertz CT molecular complexity index is 168. The fraction of sp³-hybridized carbons (Fsp3) is 0.455. The first kappa shape index (κ1) is 10.2. The lowest BCUT2D eigenvalue weighted by atomic mass is 10.1. The van der Waals surface area contributed by atoms with Crippen LogP contribution in [0.3, 0.4) is 0 Å². The molecule has 0 aromatic rings. The molecular formula is C11H18. The van der Waals surface area contributed by atoms with Crippen LogP contribution in [0, 0.1) is 5.92 Å². The van der Waals surface area contributed by atoms with E-state index in [4.69, 9.17) is 0 Å². The minimum absolute atomic E-state index is 0.643. The van der Waals surface area contributed by atoms with Gasteiger partial charge in [0.25, 0.3) is 0 Å². The third kappa shape index (κ3) is 7.11. The van der Waals surface area contributed by atoms with Gasteiger partial charge < -0.3 is 0 Å². The molecule has 11 heavy (non-hydrogen) atoms. The Morgan fingerprint density at radius 1 is 1.27 bits per heavy atom. The Morgan fingerprint density at radius 3 is 2.36 bits per heavy atom. The zero-order valence-corrected chi connectivity index (χ0v) is 7.96. The predicted molar refractivity (Wildman–Crippen MR) is 52.5 cm³/mol. The van der Waals surface area contributed by atoms with Crippen molar-refractivity contribution in [2.24, 2.45) is 5.92 Å². The summed E-state index contributed by atoms with van der Waals surface area (Å²) in [6.07, 6.45) is 10.6. The summed E-state index contributed by atoms with van der Waals surface area (Å²) in [5.41, 5.74) is 1.30. The summed E-state index contributed by atoms with van der Waals surface area (Å²) in [4.78, 5) is 0. The first-order valence-corrected chi connectivity index (χ1v) is 4.14. The molecule has 0 radical (unpaired) electrons. The highest BCUT2D eigenvalue weighted by Gasteiger charge is 1.83. The van der Waals surface area contributed by atoms with E-state index in [0.717, 1.165) is 0 Å². The van der Waals surface area contributed by atoms with Gasteiger partial charge in [0, 0.05) is 0 Å². The Hall–Kier alpha value is -0.780. The zero-order chi connectivity index (χ0) is 8.69. The van der Waals surface area contributed by atoms with Gasteiger partial charge in [0.15, 0.2) is 0 Å². The molecule has 0 amide bonds. The van der Waals surface area contributed by atoms with E-state index in [9.17, 15) is 0 Å². The lowest BCUT2D eigenvalue weighted by Gasteiger charge is -1.93.